The number of hydrogen-bond acceptors (Lipinski definition) is 5. The van der Waals surface area contributed by atoms with Gasteiger partial charge in [-0.15, -0.1) is 0 Å². The van der Waals surface area contributed by atoms with Gasteiger partial charge in [-0.3, -0.25) is 10.1 Å². The van der Waals surface area contributed by atoms with Crippen molar-refractivity contribution in [3.8, 4) is 28.5 Å². The van der Waals surface area contributed by atoms with E-state index < -0.39 is 10.7 Å². The molecule has 0 amide bonds. The Kier molecular flexibility index (Phi) is 4.65. The van der Waals surface area contributed by atoms with Gasteiger partial charge in [-0.2, -0.15) is 5.26 Å². The molecule has 26 heavy (non-hydrogen) atoms. The van der Waals surface area contributed by atoms with E-state index in [0.717, 1.165) is 0 Å². The molecule has 1 aromatic heterocycles. The molecule has 0 aliphatic heterocycles. The summed E-state index contributed by atoms with van der Waals surface area (Å²) in [5.74, 6) is -0.444. The van der Waals surface area contributed by atoms with Crippen LogP contribution in [0.1, 0.15) is 5.56 Å². The number of nitro groups is 1. The summed E-state index contributed by atoms with van der Waals surface area (Å²) >= 11 is 3.12. The normalized spacial score (nSPS) is 10.3. The van der Waals surface area contributed by atoms with E-state index in [1.54, 1.807) is 12.1 Å². The second-order valence-electron chi connectivity index (χ2n) is 5.36. The zero-order chi connectivity index (χ0) is 18.8. The lowest BCUT2D eigenvalue weighted by atomic mass is 9.98. The molecule has 6 nitrogen and oxygen atoms in total. The molecule has 8 heteroatoms. The van der Waals surface area contributed by atoms with Gasteiger partial charge in [0.05, 0.1) is 15.1 Å². The van der Waals surface area contributed by atoms with Gasteiger partial charge < -0.3 is 5.73 Å². The Hall–Kier alpha value is -3.31. The van der Waals surface area contributed by atoms with E-state index in [0.29, 0.717) is 22.4 Å². The molecule has 128 valence electrons. The number of non-ortho nitro benzene ring substituents is 1. The van der Waals surface area contributed by atoms with Crippen LogP contribution < -0.4 is 5.73 Å². The topological polar surface area (TPSA) is 106 Å². The van der Waals surface area contributed by atoms with Gasteiger partial charge in [-0.25, -0.2) is 9.37 Å². The summed E-state index contributed by atoms with van der Waals surface area (Å²) in [6.07, 6.45) is 0. The number of nitro benzene ring substituents is 1. The number of halogens is 2. The Balaban J connectivity index is 2.23. The molecule has 2 aromatic carbocycles. The number of hydrogen-bond donors (Lipinski definition) is 1. The van der Waals surface area contributed by atoms with Gasteiger partial charge in [0, 0.05) is 23.3 Å². The fourth-order valence-electron chi connectivity index (χ4n) is 2.50. The molecule has 0 fully saturated rings. The molecule has 0 radical (unpaired) electrons. The van der Waals surface area contributed by atoms with E-state index in [1.807, 2.05) is 6.07 Å². The van der Waals surface area contributed by atoms with Crippen LogP contribution in [0.5, 0.6) is 0 Å². The van der Waals surface area contributed by atoms with Crippen LogP contribution in [0.2, 0.25) is 0 Å². The Morgan fingerprint density at radius 3 is 2.62 bits per heavy atom. The predicted octanol–water partition coefficient (Wildman–Crippen LogP) is 4.68. The Bertz CT molecular complexity index is 1080. The van der Waals surface area contributed by atoms with Gasteiger partial charge in [0.25, 0.3) is 5.69 Å². The van der Waals surface area contributed by atoms with Gasteiger partial charge in [0.2, 0.25) is 0 Å². The first-order valence-corrected chi connectivity index (χ1v) is 8.11. The summed E-state index contributed by atoms with van der Waals surface area (Å²) in [4.78, 5) is 14.7. The zero-order valence-electron chi connectivity index (χ0n) is 13.1. The molecule has 0 spiro atoms. The van der Waals surface area contributed by atoms with Crippen molar-refractivity contribution in [3.05, 3.63) is 74.5 Å². The summed E-state index contributed by atoms with van der Waals surface area (Å²) in [7, 11) is 0. The summed E-state index contributed by atoms with van der Waals surface area (Å²) in [6.45, 7) is 0. The molecule has 0 unspecified atom stereocenters. The fourth-order valence-corrected chi connectivity index (χ4v) is 2.88. The van der Waals surface area contributed by atoms with Crippen LogP contribution in [0.4, 0.5) is 15.9 Å². The van der Waals surface area contributed by atoms with Crippen molar-refractivity contribution in [2.75, 3.05) is 5.73 Å². The van der Waals surface area contributed by atoms with E-state index in [4.69, 9.17) is 5.73 Å². The summed E-state index contributed by atoms with van der Waals surface area (Å²) in [5.41, 5.74) is 7.87. The maximum Gasteiger partial charge on any atom is 0.270 e. The molecule has 0 aliphatic rings. The number of nitrogens with two attached hydrogens (primary N) is 1. The predicted molar refractivity (Wildman–Crippen MR) is 98.5 cm³/mol. The van der Waals surface area contributed by atoms with Crippen molar-refractivity contribution in [1.82, 2.24) is 4.98 Å². The van der Waals surface area contributed by atoms with Crippen LogP contribution in [0.3, 0.4) is 0 Å². The number of anilines is 1. The molecule has 2 N–H and O–H groups in total. The van der Waals surface area contributed by atoms with Gasteiger partial charge in [0.15, 0.2) is 0 Å². The third-order valence-electron chi connectivity index (χ3n) is 3.74. The highest BCUT2D eigenvalue weighted by molar-refractivity contribution is 9.10. The number of benzene rings is 2. The minimum Gasteiger partial charge on any atom is -0.383 e. The first-order chi connectivity index (χ1) is 12.4. The third-order valence-corrected chi connectivity index (χ3v) is 4.35. The molecule has 0 saturated carbocycles. The van der Waals surface area contributed by atoms with Crippen molar-refractivity contribution in [1.29, 1.82) is 5.26 Å². The second-order valence-corrected chi connectivity index (χ2v) is 6.22. The number of aromatic nitrogens is 1. The lowest BCUT2D eigenvalue weighted by Gasteiger charge is -2.11. The molecule has 3 aromatic rings. The molecule has 3 rings (SSSR count). The van der Waals surface area contributed by atoms with E-state index in [9.17, 15) is 19.8 Å². The molecule has 0 saturated heterocycles. The monoisotopic (exact) mass is 412 g/mol. The van der Waals surface area contributed by atoms with Gasteiger partial charge in [0.1, 0.15) is 23.3 Å². The molecule has 0 atom stereocenters. The minimum absolute atomic E-state index is 0.00745. The standard InChI is InChI=1S/C18H10BrFN4O2/c19-15-7-10(4-5-16(15)20)13-8-17(23-18(22)14(13)9-21)11-2-1-3-12(6-11)24(25)26/h1-8H,(H2,22,23). The fraction of sp³-hybridized carbons (Fsp3) is 0. The Morgan fingerprint density at radius 2 is 1.96 bits per heavy atom. The summed E-state index contributed by atoms with van der Waals surface area (Å²) in [6, 6.07) is 13.9. The van der Waals surface area contributed by atoms with Crippen LogP contribution >= 0.6 is 15.9 Å². The van der Waals surface area contributed by atoms with Crippen LogP contribution in [0, 0.1) is 27.3 Å². The van der Waals surface area contributed by atoms with Crippen LogP contribution in [-0.2, 0) is 0 Å². The van der Waals surface area contributed by atoms with E-state index in [2.05, 4.69) is 20.9 Å². The number of rotatable bonds is 3. The van der Waals surface area contributed by atoms with Crippen LogP contribution in [0.15, 0.2) is 53.0 Å². The van der Waals surface area contributed by atoms with Crippen molar-refractivity contribution >= 4 is 27.4 Å². The van der Waals surface area contributed by atoms with Crippen molar-refractivity contribution in [3.63, 3.8) is 0 Å². The molecule has 0 bridgehead atoms. The van der Waals surface area contributed by atoms with E-state index >= 15 is 0 Å². The highest BCUT2D eigenvalue weighted by Crippen LogP contribution is 2.33. The number of pyridine rings is 1. The van der Waals surface area contributed by atoms with Crippen molar-refractivity contribution < 1.29 is 9.31 Å². The third kappa shape index (κ3) is 3.25. The largest absolute Gasteiger partial charge is 0.383 e. The first-order valence-electron chi connectivity index (χ1n) is 7.31. The van der Waals surface area contributed by atoms with Crippen LogP contribution in [0.25, 0.3) is 22.4 Å². The molecular formula is C18H10BrFN4O2. The summed E-state index contributed by atoms with van der Waals surface area (Å²) < 4.78 is 13.8. The van der Waals surface area contributed by atoms with Crippen LogP contribution in [-0.4, -0.2) is 9.91 Å². The van der Waals surface area contributed by atoms with E-state index in [1.165, 1.54) is 36.4 Å². The summed E-state index contributed by atoms with van der Waals surface area (Å²) in [5, 5.41) is 20.4. The lowest BCUT2D eigenvalue weighted by molar-refractivity contribution is -0.384. The van der Waals surface area contributed by atoms with Gasteiger partial charge >= 0.3 is 0 Å². The highest BCUT2D eigenvalue weighted by Gasteiger charge is 2.16. The Morgan fingerprint density at radius 1 is 1.19 bits per heavy atom. The van der Waals surface area contributed by atoms with Crippen molar-refractivity contribution in [2.45, 2.75) is 0 Å². The highest BCUT2D eigenvalue weighted by atomic mass is 79.9. The first kappa shape index (κ1) is 17.5. The van der Waals surface area contributed by atoms with E-state index in [-0.39, 0.29) is 21.5 Å². The maximum atomic E-state index is 13.5. The number of nitriles is 1. The maximum absolute atomic E-state index is 13.5. The smallest absolute Gasteiger partial charge is 0.270 e. The lowest BCUT2D eigenvalue weighted by Crippen LogP contribution is -2.00. The van der Waals surface area contributed by atoms with Crippen molar-refractivity contribution in [2.24, 2.45) is 0 Å². The molecular weight excluding hydrogens is 403 g/mol. The second kappa shape index (κ2) is 6.90. The SMILES string of the molecule is N#Cc1c(-c2ccc(F)c(Br)c2)cc(-c2cccc([N+](=O)[O-])c2)nc1N. The number of nitrogens with zero attached hydrogens (tertiary/aromatic N) is 3. The minimum atomic E-state index is -0.505. The Labute approximate surface area is 156 Å². The molecule has 0 aliphatic carbocycles. The quantitative estimate of drug-likeness (QED) is 0.496. The average molecular weight is 413 g/mol. The zero-order valence-corrected chi connectivity index (χ0v) is 14.7. The molecule has 1 heterocycles. The average Bonchev–Trinajstić information content (AvgIpc) is 2.63. The van der Waals surface area contributed by atoms with Gasteiger partial charge in [-0.1, -0.05) is 18.2 Å². The van der Waals surface area contributed by atoms with Gasteiger partial charge in [-0.05, 0) is 39.7 Å². The number of nitrogen functional groups attached to an aromatic ring is 1.